The lowest BCUT2D eigenvalue weighted by Gasteiger charge is -2.05. The molecule has 20 heavy (non-hydrogen) atoms. The Morgan fingerprint density at radius 2 is 2.20 bits per heavy atom. The van der Waals surface area contributed by atoms with E-state index in [1.165, 1.54) is 6.07 Å². The molecule has 4 N–H and O–H groups in total. The number of benzene rings is 1. The molecule has 0 aliphatic heterocycles. The summed E-state index contributed by atoms with van der Waals surface area (Å²) in [7, 11) is 0. The fraction of sp³-hybridized carbons (Fsp3) is 0.231. The van der Waals surface area contributed by atoms with Gasteiger partial charge in [-0.05, 0) is 12.5 Å². The van der Waals surface area contributed by atoms with E-state index in [0.29, 0.717) is 12.1 Å². The second-order valence-electron chi connectivity index (χ2n) is 4.24. The molecule has 0 bridgehead atoms. The molecule has 0 atom stereocenters. The lowest BCUT2D eigenvalue weighted by molar-refractivity contribution is 0.0946. The molecule has 0 aliphatic carbocycles. The third-order valence-electron chi connectivity index (χ3n) is 2.91. The molecule has 1 aromatic heterocycles. The van der Waals surface area contributed by atoms with Crippen LogP contribution in [-0.2, 0) is 13.0 Å². The maximum atomic E-state index is 13.4. The Kier molecular flexibility index (Phi) is 3.97. The monoisotopic (exact) mass is 280 g/mol. The number of nitrogens with two attached hydrogens (primary N) is 1. The number of halogens is 2. The van der Waals surface area contributed by atoms with Gasteiger partial charge in [-0.25, -0.2) is 8.78 Å². The summed E-state index contributed by atoms with van der Waals surface area (Å²) in [5.74, 6) is -1.89. The molecule has 2 rings (SSSR count). The van der Waals surface area contributed by atoms with Gasteiger partial charge >= 0.3 is 0 Å². The fourth-order valence-corrected chi connectivity index (χ4v) is 1.75. The van der Waals surface area contributed by atoms with Gasteiger partial charge in [0.2, 0.25) is 0 Å². The Morgan fingerprint density at radius 3 is 2.80 bits per heavy atom. The third-order valence-corrected chi connectivity index (χ3v) is 2.91. The van der Waals surface area contributed by atoms with Crippen molar-refractivity contribution in [3.05, 3.63) is 46.8 Å². The highest BCUT2D eigenvalue weighted by Gasteiger charge is 2.16. The molecular weight excluding hydrogens is 266 g/mol. The average molecular weight is 280 g/mol. The fourth-order valence-electron chi connectivity index (χ4n) is 1.75. The number of anilines is 1. The summed E-state index contributed by atoms with van der Waals surface area (Å²) in [5.41, 5.74) is 6.97. The van der Waals surface area contributed by atoms with Crippen molar-refractivity contribution >= 4 is 11.6 Å². The Balaban J connectivity index is 2.06. The van der Waals surface area contributed by atoms with Gasteiger partial charge in [0.1, 0.15) is 11.6 Å². The largest absolute Gasteiger partial charge is 0.395 e. The van der Waals surface area contributed by atoms with Crippen LogP contribution in [0.1, 0.15) is 28.7 Å². The van der Waals surface area contributed by atoms with Crippen LogP contribution < -0.4 is 11.1 Å². The molecule has 0 aliphatic rings. The van der Waals surface area contributed by atoms with Crippen molar-refractivity contribution in [3.8, 4) is 0 Å². The van der Waals surface area contributed by atoms with Gasteiger partial charge in [-0.2, -0.15) is 5.10 Å². The van der Waals surface area contributed by atoms with Gasteiger partial charge in [0.25, 0.3) is 5.91 Å². The summed E-state index contributed by atoms with van der Waals surface area (Å²) in [6.07, 6.45) is 0.624. The van der Waals surface area contributed by atoms with Crippen molar-refractivity contribution in [2.45, 2.75) is 19.9 Å². The molecular formula is C13H14F2N4O. The predicted molar refractivity (Wildman–Crippen MR) is 69.9 cm³/mol. The normalized spacial score (nSPS) is 10.6. The number of hydrogen-bond donors (Lipinski definition) is 3. The highest BCUT2D eigenvalue weighted by Crippen LogP contribution is 2.15. The lowest BCUT2D eigenvalue weighted by Crippen LogP contribution is -2.24. The first-order valence-corrected chi connectivity index (χ1v) is 6.07. The highest BCUT2D eigenvalue weighted by atomic mass is 19.1. The summed E-state index contributed by atoms with van der Waals surface area (Å²) in [6, 6.07) is 3.17. The van der Waals surface area contributed by atoms with E-state index in [9.17, 15) is 13.6 Å². The van der Waals surface area contributed by atoms with E-state index in [1.54, 1.807) is 0 Å². The molecule has 2 aromatic rings. The van der Waals surface area contributed by atoms with Crippen LogP contribution in [0.5, 0.6) is 0 Å². The van der Waals surface area contributed by atoms with Crippen LogP contribution in [-0.4, -0.2) is 16.1 Å². The van der Waals surface area contributed by atoms with Gasteiger partial charge in [0.05, 0.1) is 11.4 Å². The molecule has 0 saturated heterocycles. The van der Waals surface area contributed by atoms with Gasteiger partial charge in [-0.15, -0.1) is 0 Å². The number of H-pyrrole nitrogens is 1. The number of aromatic nitrogens is 2. The average Bonchev–Trinajstić information content (AvgIpc) is 2.78. The number of nitrogens with one attached hydrogen (secondary N) is 2. The van der Waals surface area contributed by atoms with Crippen molar-refractivity contribution in [2.24, 2.45) is 0 Å². The zero-order valence-electron chi connectivity index (χ0n) is 10.8. The smallest absolute Gasteiger partial charge is 0.274 e. The van der Waals surface area contributed by atoms with Crippen LogP contribution in [0.25, 0.3) is 0 Å². The van der Waals surface area contributed by atoms with Gasteiger partial charge < -0.3 is 11.1 Å². The van der Waals surface area contributed by atoms with Crippen molar-refractivity contribution in [2.75, 3.05) is 5.73 Å². The zero-order valence-corrected chi connectivity index (χ0v) is 10.8. The summed E-state index contributed by atoms with van der Waals surface area (Å²) >= 11 is 0. The molecule has 106 valence electrons. The summed E-state index contributed by atoms with van der Waals surface area (Å²) < 4.78 is 26.2. The highest BCUT2D eigenvalue weighted by molar-refractivity contribution is 5.97. The molecule has 5 nitrogen and oxygen atoms in total. The topological polar surface area (TPSA) is 83.8 Å². The van der Waals surface area contributed by atoms with Gasteiger partial charge in [0.15, 0.2) is 5.69 Å². The number of aryl methyl sites for hydroxylation is 1. The second-order valence-corrected chi connectivity index (χ2v) is 4.24. The maximum Gasteiger partial charge on any atom is 0.274 e. The van der Waals surface area contributed by atoms with Crippen LogP contribution in [0.3, 0.4) is 0 Å². The molecule has 0 radical (unpaired) electrons. The van der Waals surface area contributed by atoms with Crippen LogP contribution in [0.2, 0.25) is 0 Å². The zero-order chi connectivity index (χ0) is 14.7. The van der Waals surface area contributed by atoms with Crippen molar-refractivity contribution in [1.29, 1.82) is 0 Å². The van der Waals surface area contributed by atoms with E-state index in [4.69, 9.17) is 5.73 Å². The molecule has 0 fully saturated rings. The second kappa shape index (κ2) is 5.68. The predicted octanol–water partition coefficient (Wildman–Crippen LogP) is 1.76. The molecule has 0 saturated carbocycles. The molecule has 1 amide bonds. The third kappa shape index (κ3) is 2.76. The van der Waals surface area contributed by atoms with E-state index >= 15 is 0 Å². The quantitative estimate of drug-likeness (QED) is 0.798. The van der Waals surface area contributed by atoms with Gasteiger partial charge in [-0.1, -0.05) is 13.0 Å². The summed E-state index contributed by atoms with van der Waals surface area (Å²) in [5, 5.41) is 8.97. The lowest BCUT2D eigenvalue weighted by atomic mass is 10.2. The minimum absolute atomic E-state index is 0.0707. The number of nitrogens with zero attached hydrogens (tertiary/aromatic N) is 1. The van der Waals surface area contributed by atoms with E-state index in [2.05, 4.69) is 15.5 Å². The molecule has 7 heteroatoms. The number of carbonyl (C=O) groups is 1. The Hall–Kier alpha value is -2.44. The van der Waals surface area contributed by atoms with E-state index in [0.717, 1.165) is 12.1 Å². The molecule has 1 heterocycles. The van der Waals surface area contributed by atoms with E-state index in [-0.39, 0.29) is 23.5 Å². The molecule has 0 spiro atoms. The number of amides is 1. The van der Waals surface area contributed by atoms with Gasteiger partial charge in [0, 0.05) is 18.2 Å². The maximum absolute atomic E-state index is 13.4. The van der Waals surface area contributed by atoms with Crippen LogP contribution in [0.15, 0.2) is 18.2 Å². The number of aromatic amines is 1. The van der Waals surface area contributed by atoms with Crippen molar-refractivity contribution in [1.82, 2.24) is 15.5 Å². The minimum Gasteiger partial charge on any atom is -0.395 e. The van der Waals surface area contributed by atoms with Gasteiger partial charge in [-0.3, -0.25) is 9.89 Å². The van der Waals surface area contributed by atoms with Crippen LogP contribution in [0, 0.1) is 11.6 Å². The van der Waals surface area contributed by atoms with Crippen molar-refractivity contribution in [3.63, 3.8) is 0 Å². The molecule has 0 unspecified atom stereocenters. The Labute approximate surface area is 114 Å². The van der Waals surface area contributed by atoms with Crippen LogP contribution in [0.4, 0.5) is 14.5 Å². The standard InChI is InChI=1S/C13H14F2N4O/c1-2-10-11(16)12(19-18-10)13(20)17-6-7-3-4-8(14)5-9(7)15/h3-5H,2,6,16H2,1H3,(H,17,20)(H,18,19). The SMILES string of the molecule is CCc1[nH]nc(C(=O)NCc2ccc(F)cc2F)c1N. The Bertz CT molecular complexity index is 639. The first-order valence-electron chi connectivity index (χ1n) is 6.07. The van der Waals surface area contributed by atoms with Crippen LogP contribution >= 0.6 is 0 Å². The molecule has 1 aromatic carbocycles. The number of hydrogen-bond acceptors (Lipinski definition) is 3. The number of carbonyl (C=O) groups excluding carboxylic acids is 1. The number of rotatable bonds is 4. The minimum atomic E-state index is -0.713. The Morgan fingerprint density at radius 1 is 1.45 bits per heavy atom. The first-order chi connectivity index (χ1) is 9.52. The summed E-state index contributed by atoms with van der Waals surface area (Å²) in [4.78, 5) is 11.9. The first kappa shape index (κ1) is 14.0. The number of nitrogen functional groups attached to an aromatic ring is 1. The van der Waals surface area contributed by atoms with Crippen molar-refractivity contribution < 1.29 is 13.6 Å². The van der Waals surface area contributed by atoms with E-state index < -0.39 is 17.5 Å². The van der Waals surface area contributed by atoms with E-state index in [1.807, 2.05) is 6.92 Å². The summed E-state index contributed by atoms with van der Waals surface area (Å²) in [6.45, 7) is 1.80.